The van der Waals surface area contributed by atoms with Gasteiger partial charge in [-0.2, -0.15) is 0 Å². The van der Waals surface area contributed by atoms with E-state index in [1.54, 1.807) is 6.07 Å². The van der Waals surface area contributed by atoms with Gasteiger partial charge in [-0.1, -0.05) is 17.7 Å². The molecular weight excluding hydrogens is 340 g/mol. The van der Waals surface area contributed by atoms with Crippen molar-refractivity contribution in [2.24, 2.45) is 0 Å². The third-order valence-corrected chi connectivity index (χ3v) is 3.41. The van der Waals surface area contributed by atoms with Crippen LogP contribution in [-0.2, 0) is 6.54 Å². The van der Waals surface area contributed by atoms with Crippen molar-refractivity contribution in [3.63, 3.8) is 0 Å². The number of hydrogen-bond acceptors (Lipinski definition) is 2. The van der Waals surface area contributed by atoms with Gasteiger partial charge in [0, 0.05) is 11.0 Å². The largest absolute Gasteiger partial charge is 0.505 e. The number of hydrogen-bond donors (Lipinski definition) is 2. The van der Waals surface area contributed by atoms with Crippen LogP contribution in [0.15, 0.2) is 34.8 Å². The molecule has 0 aliphatic heterocycles. The predicted molar refractivity (Wildman–Crippen MR) is 74.5 cm³/mol. The summed E-state index contributed by atoms with van der Waals surface area (Å²) in [7, 11) is 0. The van der Waals surface area contributed by atoms with Crippen molar-refractivity contribution >= 4 is 33.2 Å². The highest BCUT2D eigenvalue weighted by Gasteiger charge is 2.08. The number of halogens is 4. The molecule has 0 saturated heterocycles. The van der Waals surface area contributed by atoms with Gasteiger partial charge in [-0.05, 0) is 45.8 Å². The minimum absolute atomic E-state index is 0.228. The van der Waals surface area contributed by atoms with Crippen LogP contribution in [0.25, 0.3) is 0 Å². The Kier molecular flexibility index (Phi) is 4.27. The van der Waals surface area contributed by atoms with Crippen LogP contribution in [0.4, 0.5) is 14.5 Å². The monoisotopic (exact) mass is 347 g/mol. The van der Waals surface area contributed by atoms with Crippen LogP contribution in [0.1, 0.15) is 5.56 Å². The van der Waals surface area contributed by atoms with Crippen LogP contribution in [0.5, 0.6) is 5.75 Å². The second-order valence-electron chi connectivity index (χ2n) is 3.88. The summed E-state index contributed by atoms with van der Waals surface area (Å²) in [5, 5.41) is 12.3. The third-order valence-electron chi connectivity index (χ3n) is 2.49. The van der Waals surface area contributed by atoms with Crippen molar-refractivity contribution in [2.75, 3.05) is 5.32 Å². The molecule has 100 valence electrons. The second kappa shape index (κ2) is 5.75. The quantitative estimate of drug-likeness (QED) is 0.843. The highest BCUT2D eigenvalue weighted by molar-refractivity contribution is 9.10. The topological polar surface area (TPSA) is 32.3 Å². The SMILES string of the molecule is Oc1ccc(CNc2c(Cl)cc(F)cc2Br)cc1F. The van der Waals surface area contributed by atoms with E-state index in [9.17, 15) is 8.78 Å². The zero-order valence-electron chi connectivity index (χ0n) is 9.55. The number of aromatic hydroxyl groups is 1. The van der Waals surface area contributed by atoms with E-state index in [1.165, 1.54) is 24.3 Å². The summed E-state index contributed by atoms with van der Waals surface area (Å²) in [5.41, 5.74) is 1.15. The van der Waals surface area contributed by atoms with E-state index in [-0.39, 0.29) is 5.02 Å². The maximum Gasteiger partial charge on any atom is 0.165 e. The number of benzene rings is 2. The van der Waals surface area contributed by atoms with Gasteiger partial charge in [-0.15, -0.1) is 0 Å². The molecular formula is C13H9BrClF2NO. The third kappa shape index (κ3) is 3.36. The molecule has 0 spiro atoms. The Morgan fingerprint density at radius 2 is 1.95 bits per heavy atom. The fourth-order valence-corrected chi connectivity index (χ4v) is 2.52. The van der Waals surface area contributed by atoms with Crippen LogP contribution in [0, 0.1) is 11.6 Å². The Morgan fingerprint density at radius 1 is 1.21 bits per heavy atom. The molecule has 0 atom stereocenters. The molecule has 0 radical (unpaired) electrons. The van der Waals surface area contributed by atoms with Gasteiger partial charge in [0.05, 0.1) is 10.7 Å². The molecule has 0 aromatic heterocycles. The first-order valence-electron chi connectivity index (χ1n) is 5.33. The molecule has 2 nitrogen and oxygen atoms in total. The minimum Gasteiger partial charge on any atom is -0.505 e. The summed E-state index contributed by atoms with van der Waals surface area (Å²) in [6, 6.07) is 6.54. The number of rotatable bonds is 3. The summed E-state index contributed by atoms with van der Waals surface area (Å²) in [6.45, 7) is 0.293. The van der Waals surface area contributed by atoms with Gasteiger partial charge in [0.15, 0.2) is 11.6 Å². The summed E-state index contributed by atoms with van der Waals surface area (Å²) < 4.78 is 26.7. The first-order chi connectivity index (χ1) is 8.97. The summed E-state index contributed by atoms with van der Waals surface area (Å²) in [5.74, 6) is -1.54. The first-order valence-corrected chi connectivity index (χ1v) is 6.50. The van der Waals surface area contributed by atoms with Crippen LogP contribution < -0.4 is 5.32 Å². The average molecular weight is 349 g/mol. The molecule has 0 unspecified atom stereocenters. The maximum absolute atomic E-state index is 13.2. The second-order valence-corrected chi connectivity index (χ2v) is 5.15. The summed E-state index contributed by atoms with van der Waals surface area (Å²) >= 11 is 9.11. The van der Waals surface area contributed by atoms with Crippen LogP contribution in [0.2, 0.25) is 5.02 Å². The van der Waals surface area contributed by atoms with E-state index in [0.717, 1.165) is 0 Å². The smallest absolute Gasteiger partial charge is 0.165 e. The van der Waals surface area contributed by atoms with Crippen molar-refractivity contribution in [3.05, 3.63) is 57.0 Å². The molecule has 2 aromatic carbocycles. The Balaban J connectivity index is 2.16. The first kappa shape index (κ1) is 14.1. The fraction of sp³-hybridized carbons (Fsp3) is 0.0769. The number of nitrogens with one attached hydrogen (secondary N) is 1. The van der Waals surface area contributed by atoms with E-state index in [1.807, 2.05) is 0 Å². The lowest BCUT2D eigenvalue weighted by Crippen LogP contribution is -2.01. The molecule has 2 N–H and O–H groups in total. The molecule has 0 aliphatic rings. The molecule has 19 heavy (non-hydrogen) atoms. The van der Waals surface area contributed by atoms with Crippen LogP contribution >= 0.6 is 27.5 Å². The Hall–Kier alpha value is -1.33. The van der Waals surface area contributed by atoms with Gasteiger partial charge in [-0.25, -0.2) is 8.78 Å². The zero-order chi connectivity index (χ0) is 14.0. The predicted octanol–water partition coefficient (Wildman–Crippen LogP) is 4.70. The number of phenols is 1. The van der Waals surface area contributed by atoms with Crippen LogP contribution in [-0.4, -0.2) is 5.11 Å². The Morgan fingerprint density at radius 3 is 2.58 bits per heavy atom. The van der Waals surface area contributed by atoms with Crippen LogP contribution in [0.3, 0.4) is 0 Å². The summed E-state index contributed by atoms with van der Waals surface area (Å²) in [6.07, 6.45) is 0. The van der Waals surface area contributed by atoms with Crippen molar-refractivity contribution in [1.82, 2.24) is 0 Å². The molecule has 0 amide bonds. The van der Waals surface area contributed by atoms with E-state index in [0.29, 0.717) is 22.3 Å². The van der Waals surface area contributed by atoms with Crippen molar-refractivity contribution in [1.29, 1.82) is 0 Å². The van der Waals surface area contributed by atoms with E-state index >= 15 is 0 Å². The van der Waals surface area contributed by atoms with E-state index in [4.69, 9.17) is 16.7 Å². The van der Waals surface area contributed by atoms with Crippen molar-refractivity contribution in [3.8, 4) is 5.75 Å². The normalized spacial score (nSPS) is 10.5. The molecule has 2 rings (SSSR count). The maximum atomic E-state index is 13.2. The van der Waals surface area contributed by atoms with Gasteiger partial charge in [0.2, 0.25) is 0 Å². The fourth-order valence-electron chi connectivity index (χ4n) is 1.56. The van der Waals surface area contributed by atoms with Gasteiger partial charge < -0.3 is 10.4 Å². The number of phenolic OH excluding ortho intramolecular Hbond substituents is 1. The Labute approximate surface area is 122 Å². The van der Waals surface area contributed by atoms with Crippen molar-refractivity contribution < 1.29 is 13.9 Å². The molecule has 0 heterocycles. The minimum atomic E-state index is -0.691. The molecule has 0 fully saturated rings. The lowest BCUT2D eigenvalue weighted by molar-refractivity contribution is 0.432. The van der Waals surface area contributed by atoms with Crippen molar-refractivity contribution in [2.45, 2.75) is 6.54 Å². The average Bonchev–Trinajstić information content (AvgIpc) is 2.32. The molecule has 0 saturated carbocycles. The van der Waals surface area contributed by atoms with Gasteiger partial charge in [-0.3, -0.25) is 0 Å². The number of anilines is 1. The Bertz CT molecular complexity index is 599. The zero-order valence-corrected chi connectivity index (χ0v) is 11.9. The standard InChI is InChI=1S/C13H9BrClF2NO/c14-9-4-8(16)5-10(15)13(9)18-6-7-1-2-12(19)11(17)3-7/h1-5,18-19H,6H2. The highest BCUT2D eigenvalue weighted by atomic mass is 79.9. The van der Waals surface area contributed by atoms with Gasteiger partial charge in [0.25, 0.3) is 0 Å². The molecule has 0 bridgehead atoms. The van der Waals surface area contributed by atoms with E-state index in [2.05, 4.69) is 21.2 Å². The lowest BCUT2D eigenvalue weighted by atomic mass is 10.2. The molecule has 6 heteroatoms. The lowest BCUT2D eigenvalue weighted by Gasteiger charge is -2.11. The molecule has 0 aliphatic carbocycles. The molecule has 2 aromatic rings. The van der Waals surface area contributed by atoms with E-state index < -0.39 is 17.4 Å². The highest BCUT2D eigenvalue weighted by Crippen LogP contribution is 2.32. The summed E-state index contributed by atoms with van der Waals surface area (Å²) in [4.78, 5) is 0. The van der Waals surface area contributed by atoms with Gasteiger partial charge in [0.1, 0.15) is 5.82 Å². The van der Waals surface area contributed by atoms with Gasteiger partial charge >= 0.3 is 0 Å².